The number of hydrogen-bond donors (Lipinski definition) is 2. The summed E-state index contributed by atoms with van der Waals surface area (Å²) < 4.78 is 5.45. The normalized spacial score (nSPS) is 18.9. The lowest BCUT2D eigenvalue weighted by atomic mass is 9.88. The first kappa shape index (κ1) is 17.2. The van der Waals surface area contributed by atoms with Gasteiger partial charge in [-0.2, -0.15) is 11.3 Å². The van der Waals surface area contributed by atoms with Crippen molar-refractivity contribution in [3.05, 3.63) is 22.4 Å². The fourth-order valence-corrected chi connectivity index (χ4v) is 3.55. The predicted octanol–water partition coefficient (Wildman–Crippen LogP) is 2.09. The van der Waals surface area contributed by atoms with Crippen LogP contribution < -0.4 is 10.6 Å². The molecule has 0 saturated carbocycles. The summed E-state index contributed by atoms with van der Waals surface area (Å²) in [6.07, 6.45) is 2.76. The van der Waals surface area contributed by atoms with Crippen LogP contribution in [0.1, 0.15) is 25.3 Å². The Balaban J connectivity index is 1.78. The highest BCUT2D eigenvalue weighted by Gasteiger charge is 2.35. The molecule has 2 rings (SSSR count). The molecule has 6 heteroatoms. The van der Waals surface area contributed by atoms with Crippen molar-refractivity contribution in [2.75, 3.05) is 33.9 Å². The molecule has 0 unspecified atom stereocenters. The van der Waals surface area contributed by atoms with Gasteiger partial charge in [-0.25, -0.2) is 4.79 Å². The molecule has 2 N–H and O–H groups in total. The molecule has 0 radical (unpaired) electrons. The van der Waals surface area contributed by atoms with Gasteiger partial charge >= 0.3 is 6.03 Å². The third-order valence-electron chi connectivity index (χ3n) is 4.45. The molecule has 5 nitrogen and oxygen atoms in total. The average molecular weight is 325 g/mol. The van der Waals surface area contributed by atoms with Crippen molar-refractivity contribution >= 4 is 17.4 Å². The Kier molecular flexibility index (Phi) is 6.23. The van der Waals surface area contributed by atoms with E-state index in [1.54, 1.807) is 11.3 Å². The van der Waals surface area contributed by atoms with Gasteiger partial charge in [-0.05, 0) is 62.7 Å². The Bertz CT molecular complexity index is 456. The van der Waals surface area contributed by atoms with E-state index in [0.717, 1.165) is 32.5 Å². The van der Waals surface area contributed by atoms with E-state index in [2.05, 4.69) is 46.5 Å². The van der Waals surface area contributed by atoms with E-state index in [9.17, 15) is 4.79 Å². The summed E-state index contributed by atoms with van der Waals surface area (Å²) in [5.74, 6) is 0. The van der Waals surface area contributed by atoms with E-state index >= 15 is 0 Å². The van der Waals surface area contributed by atoms with Gasteiger partial charge in [0.2, 0.25) is 0 Å². The molecule has 1 aliphatic rings. The van der Waals surface area contributed by atoms with Gasteiger partial charge in [0.15, 0.2) is 0 Å². The maximum atomic E-state index is 12.1. The molecule has 1 aromatic rings. The predicted molar refractivity (Wildman–Crippen MR) is 90.5 cm³/mol. The van der Waals surface area contributed by atoms with Crippen LogP contribution in [0, 0.1) is 0 Å². The zero-order chi connectivity index (χ0) is 16.0. The first-order valence-corrected chi connectivity index (χ1v) is 8.77. The average Bonchev–Trinajstić information content (AvgIpc) is 2.98. The van der Waals surface area contributed by atoms with Gasteiger partial charge in [0.05, 0.1) is 0 Å². The number of likely N-dealkylation sites (N-methyl/N-ethyl adjacent to an activating group) is 1. The molecule has 2 amide bonds. The molecule has 0 aliphatic carbocycles. The van der Waals surface area contributed by atoms with Crippen LogP contribution >= 0.6 is 11.3 Å². The van der Waals surface area contributed by atoms with E-state index in [1.807, 2.05) is 6.92 Å². The second-order valence-electron chi connectivity index (χ2n) is 6.29. The lowest BCUT2D eigenvalue weighted by molar-refractivity contribution is -0.00574. The molecular formula is C16H27N3O2S. The molecule has 1 saturated heterocycles. The molecule has 124 valence electrons. The summed E-state index contributed by atoms with van der Waals surface area (Å²) >= 11 is 1.69. The van der Waals surface area contributed by atoms with E-state index in [1.165, 1.54) is 5.56 Å². The number of carbonyl (C=O) groups is 1. The molecule has 1 aromatic heterocycles. The van der Waals surface area contributed by atoms with Crippen molar-refractivity contribution in [2.24, 2.45) is 0 Å². The van der Waals surface area contributed by atoms with Crippen LogP contribution in [0.5, 0.6) is 0 Å². The van der Waals surface area contributed by atoms with Gasteiger partial charge in [0.25, 0.3) is 0 Å². The Morgan fingerprint density at radius 1 is 1.45 bits per heavy atom. The van der Waals surface area contributed by atoms with Crippen LogP contribution in [0.25, 0.3) is 0 Å². The quantitative estimate of drug-likeness (QED) is 0.842. The van der Waals surface area contributed by atoms with Crippen molar-refractivity contribution in [1.29, 1.82) is 0 Å². The molecule has 1 aliphatic heterocycles. The number of hydrogen-bond acceptors (Lipinski definition) is 4. The van der Waals surface area contributed by atoms with Gasteiger partial charge in [0, 0.05) is 31.3 Å². The van der Waals surface area contributed by atoms with E-state index in [0.29, 0.717) is 6.54 Å². The number of carbonyl (C=O) groups excluding carboxylic acids is 1. The second-order valence-corrected chi connectivity index (χ2v) is 7.07. The van der Waals surface area contributed by atoms with Crippen LogP contribution in [0.4, 0.5) is 4.79 Å². The highest BCUT2D eigenvalue weighted by atomic mass is 32.1. The van der Waals surface area contributed by atoms with Crippen molar-refractivity contribution in [3.63, 3.8) is 0 Å². The van der Waals surface area contributed by atoms with Crippen LogP contribution in [0.15, 0.2) is 16.8 Å². The summed E-state index contributed by atoms with van der Waals surface area (Å²) in [6, 6.07) is 2.14. The summed E-state index contributed by atoms with van der Waals surface area (Å²) in [6.45, 7) is 4.21. The Labute approximate surface area is 137 Å². The lowest BCUT2D eigenvalue weighted by Gasteiger charge is -2.42. The van der Waals surface area contributed by atoms with Gasteiger partial charge in [-0.3, -0.25) is 0 Å². The number of nitrogens with one attached hydrogen (secondary N) is 2. The van der Waals surface area contributed by atoms with Crippen LogP contribution in [0.3, 0.4) is 0 Å². The smallest absolute Gasteiger partial charge is 0.315 e. The van der Waals surface area contributed by atoms with Gasteiger partial charge in [-0.15, -0.1) is 0 Å². The topological polar surface area (TPSA) is 53.6 Å². The zero-order valence-corrected chi connectivity index (χ0v) is 14.5. The Hall–Kier alpha value is -1.11. The van der Waals surface area contributed by atoms with Gasteiger partial charge < -0.3 is 20.3 Å². The number of ether oxygens (including phenoxy) is 1. The molecule has 0 bridgehead atoms. The van der Waals surface area contributed by atoms with E-state index < -0.39 is 0 Å². The number of rotatable bonds is 6. The zero-order valence-electron chi connectivity index (χ0n) is 13.7. The minimum Gasteiger partial charge on any atom is -0.381 e. The standard InChI is InChI=1S/C16H27N3O2S/c1-13(10-14-4-9-22-11-14)18-15(20)17-12-16(19(2)3)5-7-21-8-6-16/h4,9,11,13H,5-8,10,12H2,1-3H3,(H2,17,18,20)/t13-/m1/s1. The second kappa shape index (κ2) is 7.94. The first-order chi connectivity index (χ1) is 10.5. The molecular weight excluding hydrogens is 298 g/mol. The van der Waals surface area contributed by atoms with E-state index in [-0.39, 0.29) is 17.6 Å². The van der Waals surface area contributed by atoms with Crippen LogP contribution in [-0.2, 0) is 11.2 Å². The maximum absolute atomic E-state index is 12.1. The highest BCUT2D eigenvalue weighted by Crippen LogP contribution is 2.24. The largest absolute Gasteiger partial charge is 0.381 e. The minimum atomic E-state index is -0.0875. The number of thiophene rings is 1. The monoisotopic (exact) mass is 325 g/mol. The molecule has 2 heterocycles. The summed E-state index contributed by atoms with van der Waals surface area (Å²) in [5.41, 5.74) is 1.28. The molecule has 1 fully saturated rings. The minimum absolute atomic E-state index is 0.00614. The third-order valence-corrected chi connectivity index (χ3v) is 5.18. The molecule has 0 aromatic carbocycles. The summed E-state index contributed by atoms with van der Waals surface area (Å²) in [7, 11) is 4.15. The van der Waals surface area contributed by atoms with Crippen molar-refractivity contribution in [3.8, 4) is 0 Å². The van der Waals surface area contributed by atoms with Crippen molar-refractivity contribution in [2.45, 2.75) is 37.8 Å². The summed E-state index contributed by atoms with van der Waals surface area (Å²) in [4.78, 5) is 14.3. The Morgan fingerprint density at radius 3 is 2.77 bits per heavy atom. The fraction of sp³-hybridized carbons (Fsp3) is 0.688. The number of amides is 2. The van der Waals surface area contributed by atoms with Gasteiger partial charge in [0.1, 0.15) is 0 Å². The maximum Gasteiger partial charge on any atom is 0.315 e. The van der Waals surface area contributed by atoms with Crippen LogP contribution in [-0.4, -0.2) is 56.4 Å². The van der Waals surface area contributed by atoms with Crippen molar-refractivity contribution in [1.82, 2.24) is 15.5 Å². The van der Waals surface area contributed by atoms with Gasteiger partial charge in [-0.1, -0.05) is 0 Å². The Morgan fingerprint density at radius 2 is 2.18 bits per heavy atom. The lowest BCUT2D eigenvalue weighted by Crippen LogP contribution is -2.57. The van der Waals surface area contributed by atoms with Crippen molar-refractivity contribution < 1.29 is 9.53 Å². The SMILES string of the molecule is C[C@H](Cc1ccsc1)NC(=O)NCC1(N(C)C)CCOCC1. The summed E-state index contributed by atoms with van der Waals surface area (Å²) in [5, 5.41) is 10.2. The number of nitrogens with zero attached hydrogens (tertiary/aromatic N) is 1. The fourth-order valence-electron chi connectivity index (χ4n) is 2.87. The first-order valence-electron chi connectivity index (χ1n) is 7.82. The number of urea groups is 1. The molecule has 1 atom stereocenters. The third kappa shape index (κ3) is 4.69. The highest BCUT2D eigenvalue weighted by molar-refractivity contribution is 7.07. The van der Waals surface area contributed by atoms with E-state index in [4.69, 9.17) is 4.74 Å². The van der Waals surface area contributed by atoms with Crippen LogP contribution in [0.2, 0.25) is 0 Å². The molecule has 22 heavy (non-hydrogen) atoms. The molecule has 0 spiro atoms.